The second-order valence-corrected chi connectivity index (χ2v) is 11.4. The zero-order valence-electron chi connectivity index (χ0n) is 21.7. The van der Waals surface area contributed by atoms with E-state index in [9.17, 15) is 9.59 Å². The van der Waals surface area contributed by atoms with Crippen molar-refractivity contribution in [1.29, 1.82) is 0 Å². The minimum Gasteiger partial charge on any atom is -0.453 e. The summed E-state index contributed by atoms with van der Waals surface area (Å²) in [6, 6.07) is 7.66. The van der Waals surface area contributed by atoms with Gasteiger partial charge in [-0.3, -0.25) is 9.78 Å². The number of ether oxygens (including phenoxy) is 2. The van der Waals surface area contributed by atoms with E-state index in [-0.39, 0.29) is 23.7 Å². The smallest absolute Gasteiger partial charge is 0.409 e. The fraction of sp³-hybridized carbons (Fsp3) is 0.536. The van der Waals surface area contributed by atoms with Crippen LogP contribution >= 0.6 is 23.2 Å². The molecule has 4 rings (SSSR count). The minimum absolute atomic E-state index is 0.0512. The van der Waals surface area contributed by atoms with Crippen molar-refractivity contribution in [3.05, 3.63) is 46.2 Å². The lowest BCUT2D eigenvalue weighted by Crippen LogP contribution is -2.42. The third-order valence-corrected chi connectivity index (χ3v) is 7.86. The van der Waals surface area contributed by atoms with Gasteiger partial charge in [0.2, 0.25) is 0 Å². The number of rotatable bonds is 7. The zero-order valence-corrected chi connectivity index (χ0v) is 23.2. The van der Waals surface area contributed by atoms with Crippen molar-refractivity contribution in [2.45, 2.75) is 51.6 Å². The fourth-order valence-corrected chi connectivity index (χ4v) is 5.70. The van der Waals surface area contributed by atoms with Crippen molar-refractivity contribution in [1.82, 2.24) is 9.88 Å². The van der Waals surface area contributed by atoms with E-state index in [0.717, 1.165) is 55.6 Å². The van der Waals surface area contributed by atoms with Gasteiger partial charge in [-0.15, -0.1) is 0 Å². The first-order valence-corrected chi connectivity index (χ1v) is 13.6. The number of amides is 1. The molecule has 1 aromatic heterocycles. The molecule has 1 amide bonds. The van der Waals surface area contributed by atoms with E-state index < -0.39 is 6.09 Å². The van der Waals surface area contributed by atoms with Gasteiger partial charge in [-0.05, 0) is 69.7 Å². The summed E-state index contributed by atoms with van der Waals surface area (Å²) >= 11 is 13.1. The Morgan fingerprint density at radius 2 is 1.97 bits per heavy atom. The highest BCUT2D eigenvalue weighted by atomic mass is 35.5. The van der Waals surface area contributed by atoms with Crippen LogP contribution in [0, 0.1) is 11.8 Å². The number of piperidine rings is 1. The molecule has 1 N–H and O–H groups in total. The van der Waals surface area contributed by atoms with Gasteiger partial charge in [0.25, 0.3) is 0 Å². The number of halogens is 2. The second-order valence-electron chi connectivity index (χ2n) is 10.6. The monoisotopic (exact) mass is 547 g/mol. The lowest BCUT2D eigenvalue weighted by molar-refractivity contribution is -0.123. The summed E-state index contributed by atoms with van der Waals surface area (Å²) in [5.74, 6) is 0.343. The molecule has 0 radical (unpaired) electrons. The normalized spacial score (nSPS) is 21.4. The molecule has 2 aliphatic heterocycles. The number of Topliss-reactive ketones (excluding diaryl/α,β-unsaturated/α-hetero) is 1. The van der Waals surface area contributed by atoms with Gasteiger partial charge in [-0.1, -0.05) is 23.2 Å². The Balaban J connectivity index is 1.46. The van der Waals surface area contributed by atoms with Crippen molar-refractivity contribution in [2.75, 3.05) is 38.7 Å². The number of pyridine rings is 1. The van der Waals surface area contributed by atoms with Crippen LogP contribution in [0.1, 0.15) is 45.2 Å². The highest BCUT2D eigenvalue weighted by Crippen LogP contribution is 2.36. The van der Waals surface area contributed by atoms with Crippen LogP contribution in [-0.2, 0) is 20.7 Å². The Hall–Kier alpha value is -2.35. The van der Waals surface area contributed by atoms with Gasteiger partial charge in [0, 0.05) is 72.3 Å². The predicted octanol–water partition coefficient (Wildman–Crippen LogP) is 6.26. The van der Waals surface area contributed by atoms with Gasteiger partial charge in [0.05, 0.1) is 17.7 Å². The highest BCUT2D eigenvalue weighted by molar-refractivity contribution is 6.36. The van der Waals surface area contributed by atoms with Gasteiger partial charge in [-0.2, -0.15) is 0 Å². The maximum atomic E-state index is 13.1. The summed E-state index contributed by atoms with van der Waals surface area (Å²) in [7, 11) is 1.36. The third kappa shape index (κ3) is 7.15. The van der Waals surface area contributed by atoms with Crippen LogP contribution in [0.2, 0.25) is 10.0 Å². The number of nitrogens with one attached hydrogen (secondary N) is 1. The fourth-order valence-electron chi connectivity index (χ4n) is 5.28. The number of likely N-dealkylation sites (tertiary alicyclic amines) is 1. The number of methoxy groups -OCH3 is 1. The van der Waals surface area contributed by atoms with Crippen LogP contribution in [0.4, 0.5) is 10.5 Å². The SMILES string of the molecule is COC(=O)N1CCC[C@H](C(=O)Cc2cc(-c3cc(NC[C@@H]4CCOC(C)(C)C4)ccc3Cl)c(Cl)cn2)C1. The van der Waals surface area contributed by atoms with Crippen LogP contribution in [-0.4, -0.2) is 60.7 Å². The van der Waals surface area contributed by atoms with Gasteiger partial charge in [0.15, 0.2) is 0 Å². The van der Waals surface area contributed by atoms with Crippen LogP contribution in [0.3, 0.4) is 0 Å². The summed E-state index contributed by atoms with van der Waals surface area (Å²) in [6.07, 6.45) is 4.89. The second kappa shape index (κ2) is 12.0. The molecule has 0 saturated carbocycles. The number of hydrogen-bond donors (Lipinski definition) is 1. The number of aromatic nitrogens is 1. The van der Waals surface area contributed by atoms with E-state index in [1.165, 1.54) is 7.11 Å². The lowest BCUT2D eigenvalue weighted by Gasteiger charge is -2.35. The minimum atomic E-state index is -0.395. The number of hydrogen-bond acceptors (Lipinski definition) is 6. The number of carbonyl (C=O) groups is 2. The van der Waals surface area contributed by atoms with Gasteiger partial charge >= 0.3 is 6.09 Å². The molecule has 0 unspecified atom stereocenters. The van der Waals surface area contributed by atoms with E-state index in [4.69, 9.17) is 32.7 Å². The molecule has 0 aliphatic carbocycles. The van der Waals surface area contributed by atoms with E-state index in [0.29, 0.717) is 34.7 Å². The third-order valence-electron chi connectivity index (χ3n) is 7.23. The number of carbonyl (C=O) groups excluding carboxylic acids is 2. The molecule has 3 heterocycles. The largest absolute Gasteiger partial charge is 0.453 e. The first kappa shape index (κ1) is 27.7. The lowest BCUT2D eigenvalue weighted by atomic mass is 9.88. The standard InChI is InChI=1S/C28H35Cl2N3O4/c1-28(2)14-18(8-10-37-28)15-31-20-6-7-24(29)22(11-20)23-12-21(32-16-25(23)30)13-26(34)19-5-4-9-33(17-19)27(35)36-3/h6-7,11-12,16,18-19,31H,4-5,8-10,13-15,17H2,1-3H3/t18-,19+/m1/s1. The first-order chi connectivity index (χ1) is 17.6. The zero-order chi connectivity index (χ0) is 26.6. The molecule has 2 atom stereocenters. The van der Waals surface area contributed by atoms with Crippen LogP contribution < -0.4 is 5.32 Å². The van der Waals surface area contributed by atoms with Crippen LogP contribution in [0.25, 0.3) is 11.1 Å². The molecule has 1 aromatic carbocycles. The van der Waals surface area contributed by atoms with Crippen molar-refractivity contribution in [3.8, 4) is 11.1 Å². The van der Waals surface area contributed by atoms with E-state index in [1.807, 2.05) is 24.3 Å². The van der Waals surface area contributed by atoms with Crippen LogP contribution in [0.5, 0.6) is 0 Å². The maximum absolute atomic E-state index is 13.1. The predicted molar refractivity (Wildman–Crippen MR) is 146 cm³/mol. The Kier molecular flexibility index (Phi) is 8.98. The summed E-state index contributed by atoms with van der Waals surface area (Å²) in [5, 5.41) is 4.59. The molecule has 9 heteroatoms. The molecule has 2 aliphatic rings. The molecule has 2 saturated heterocycles. The van der Waals surface area contributed by atoms with E-state index >= 15 is 0 Å². The number of anilines is 1. The Labute approximate surface area is 228 Å². The first-order valence-electron chi connectivity index (χ1n) is 12.8. The van der Waals surface area contributed by atoms with Crippen molar-refractivity contribution in [2.24, 2.45) is 11.8 Å². The van der Waals surface area contributed by atoms with Crippen molar-refractivity contribution >= 4 is 40.8 Å². The molecule has 2 fully saturated rings. The Morgan fingerprint density at radius 1 is 1.19 bits per heavy atom. The van der Waals surface area contributed by atoms with Crippen LogP contribution in [0.15, 0.2) is 30.5 Å². The van der Waals surface area contributed by atoms with Gasteiger partial charge in [-0.25, -0.2) is 4.79 Å². The number of ketones is 1. The van der Waals surface area contributed by atoms with Crippen molar-refractivity contribution in [3.63, 3.8) is 0 Å². The van der Waals surface area contributed by atoms with Crippen molar-refractivity contribution < 1.29 is 19.1 Å². The number of nitrogens with zero attached hydrogens (tertiary/aromatic N) is 2. The summed E-state index contributed by atoms with van der Waals surface area (Å²) in [6.45, 7) is 6.88. The molecular formula is C28H35Cl2N3O4. The quantitative estimate of drug-likeness (QED) is 0.440. The maximum Gasteiger partial charge on any atom is 0.409 e. The highest BCUT2D eigenvalue weighted by Gasteiger charge is 2.30. The molecular weight excluding hydrogens is 513 g/mol. The average molecular weight is 549 g/mol. The molecule has 7 nitrogen and oxygen atoms in total. The van der Waals surface area contributed by atoms with E-state index in [1.54, 1.807) is 11.1 Å². The van der Waals surface area contributed by atoms with E-state index in [2.05, 4.69) is 24.1 Å². The number of benzene rings is 1. The topological polar surface area (TPSA) is 80.8 Å². The molecule has 0 bridgehead atoms. The molecule has 200 valence electrons. The Morgan fingerprint density at radius 3 is 2.73 bits per heavy atom. The molecule has 37 heavy (non-hydrogen) atoms. The van der Waals surface area contributed by atoms with Gasteiger partial charge < -0.3 is 19.7 Å². The summed E-state index contributed by atoms with van der Waals surface area (Å²) in [5.41, 5.74) is 3.01. The van der Waals surface area contributed by atoms with Gasteiger partial charge in [0.1, 0.15) is 5.78 Å². The molecule has 0 spiro atoms. The summed E-state index contributed by atoms with van der Waals surface area (Å²) in [4.78, 5) is 31.0. The average Bonchev–Trinajstić information content (AvgIpc) is 2.88. The summed E-state index contributed by atoms with van der Waals surface area (Å²) < 4.78 is 10.7. The Bertz CT molecular complexity index is 1140. The molecule has 2 aromatic rings.